The standard InChI is InChI=1S/C74H82ClN7O18S2/c1-12-80-35-48(64(84)59-55(80)33-56(94-38-44-15-23-50(90-8)24-16-44)65(60(59)75)95-39-45-17-25-51(91-9)26-18-45)36-82(31-13-14-32-82)37-49-42-101-68-62(67(86)81(68)63(49)70(88)97-41-47-21-29-53(93-11)30-22-47)77-66(85)61(54-43-102-71(76-54)78-72(89)99-74(5,6)7)79-100-57(34-58(83)98-73(2,3)4)69(87)96-40-46-19-27-52(92-10)28-20-46/h15-30,33,35,43,57,62,68H,12-14,31-32,34,36-42H2,1-11H3,(H-,76,77,78,85,89)/p+1/b79-61-/t57-,62+,68+/m0/s1. The number of carbonyl (C=O) groups excluding carboxylic acids is 6. The second-order valence-electron chi connectivity index (χ2n) is 26.4. The third-order valence-corrected chi connectivity index (χ3v) is 19.2. The Bertz CT molecular complexity index is 4330. The van der Waals surface area contributed by atoms with Crippen LogP contribution in [0.15, 0.2) is 136 Å². The van der Waals surface area contributed by atoms with Crippen molar-refractivity contribution in [3.05, 3.63) is 175 Å². The highest BCUT2D eigenvalue weighted by Gasteiger charge is 2.56. The van der Waals surface area contributed by atoms with Crippen LogP contribution in [-0.4, -0.2) is 143 Å². The van der Waals surface area contributed by atoms with Crippen LogP contribution in [0.2, 0.25) is 5.02 Å². The number of pyridine rings is 1. The summed E-state index contributed by atoms with van der Waals surface area (Å²) >= 11 is 9.67. The minimum atomic E-state index is -1.79. The average molecular weight is 1460 g/mol. The van der Waals surface area contributed by atoms with E-state index in [4.69, 9.17) is 63.8 Å². The second-order valence-corrected chi connectivity index (χ2v) is 28.8. The quantitative estimate of drug-likeness (QED) is 0.0110. The number of hydrogen-bond donors (Lipinski definition) is 2. The van der Waals surface area contributed by atoms with E-state index in [2.05, 4.69) is 20.8 Å². The molecule has 2 aromatic heterocycles. The Hall–Kier alpha value is -9.83. The minimum absolute atomic E-state index is 0.00627. The van der Waals surface area contributed by atoms with Gasteiger partial charge in [-0.2, -0.15) is 0 Å². The van der Waals surface area contributed by atoms with Crippen LogP contribution in [0.25, 0.3) is 10.9 Å². The Morgan fingerprint density at radius 2 is 1.25 bits per heavy atom. The fourth-order valence-corrected chi connectivity index (χ4v) is 14.1. The lowest BCUT2D eigenvalue weighted by atomic mass is 10.0. The highest BCUT2D eigenvalue weighted by atomic mass is 35.5. The maximum absolute atomic E-state index is 15.4. The molecule has 5 aromatic carbocycles. The van der Waals surface area contributed by atoms with E-state index in [0.717, 1.165) is 35.3 Å². The number of carbonyl (C=O) groups is 6. The zero-order chi connectivity index (χ0) is 73.0. The van der Waals surface area contributed by atoms with Crippen LogP contribution < -0.4 is 44.5 Å². The van der Waals surface area contributed by atoms with Crippen molar-refractivity contribution in [2.75, 3.05) is 59.1 Å². The molecule has 28 heteroatoms. The molecule has 0 spiro atoms. The van der Waals surface area contributed by atoms with Gasteiger partial charge in [0.2, 0.25) is 6.10 Å². The number of anilines is 1. The summed E-state index contributed by atoms with van der Waals surface area (Å²) in [4.78, 5) is 112. The van der Waals surface area contributed by atoms with E-state index < -0.39 is 76.7 Å². The molecule has 0 aliphatic carbocycles. The van der Waals surface area contributed by atoms with Gasteiger partial charge in [-0.3, -0.25) is 29.4 Å². The van der Waals surface area contributed by atoms with Crippen molar-refractivity contribution in [3.8, 4) is 34.5 Å². The molecule has 102 heavy (non-hydrogen) atoms. The molecule has 2 saturated heterocycles. The van der Waals surface area contributed by atoms with Crippen LogP contribution in [0.3, 0.4) is 0 Å². The molecule has 3 atom stereocenters. The molecule has 7 aromatic rings. The number of amides is 3. The van der Waals surface area contributed by atoms with Gasteiger partial charge in [-0.25, -0.2) is 19.4 Å². The van der Waals surface area contributed by atoms with Gasteiger partial charge in [0.25, 0.3) is 11.8 Å². The van der Waals surface area contributed by atoms with Gasteiger partial charge in [0.05, 0.1) is 69.4 Å². The predicted molar refractivity (Wildman–Crippen MR) is 383 cm³/mol. The molecule has 10 rings (SSSR count). The van der Waals surface area contributed by atoms with Crippen molar-refractivity contribution in [2.24, 2.45) is 5.16 Å². The number of thioether (sulfide) groups is 1. The first-order valence-corrected chi connectivity index (χ1v) is 35.3. The molecule has 5 heterocycles. The summed E-state index contributed by atoms with van der Waals surface area (Å²) in [5.41, 5.74) is 1.54. The first-order valence-electron chi connectivity index (χ1n) is 33.0. The molecule has 3 amide bonds. The van der Waals surface area contributed by atoms with Gasteiger partial charge in [-0.05, 0) is 119 Å². The van der Waals surface area contributed by atoms with E-state index in [-0.39, 0.29) is 83.4 Å². The van der Waals surface area contributed by atoms with Crippen molar-refractivity contribution in [1.29, 1.82) is 0 Å². The van der Waals surface area contributed by atoms with Crippen LogP contribution >= 0.6 is 34.7 Å². The summed E-state index contributed by atoms with van der Waals surface area (Å²) in [6, 6.07) is 29.0. The molecule has 540 valence electrons. The summed E-state index contributed by atoms with van der Waals surface area (Å²) in [6.07, 6.45) is 0.100. The van der Waals surface area contributed by atoms with E-state index in [9.17, 15) is 19.2 Å². The fraction of sp³-hybridized carbons (Fsp3) is 0.392. The van der Waals surface area contributed by atoms with E-state index in [1.54, 1.807) is 110 Å². The molecule has 0 radical (unpaired) electrons. The van der Waals surface area contributed by atoms with Crippen molar-refractivity contribution in [2.45, 2.75) is 136 Å². The number of quaternary nitrogens is 1. The Balaban J connectivity index is 0.969. The Kier molecular flexibility index (Phi) is 24.1. The first kappa shape index (κ1) is 74.8. The second kappa shape index (κ2) is 32.9. The number of aryl methyl sites for hydroxylation is 1. The zero-order valence-electron chi connectivity index (χ0n) is 58.7. The Morgan fingerprint density at radius 3 is 1.79 bits per heavy atom. The van der Waals surface area contributed by atoms with Crippen LogP contribution in [-0.2, 0) is 87.3 Å². The van der Waals surface area contributed by atoms with Crippen LogP contribution in [0.1, 0.15) is 101 Å². The average Bonchev–Trinajstić information content (AvgIpc) is 0.838. The van der Waals surface area contributed by atoms with Gasteiger partial charge in [0.1, 0.15) is 96.5 Å². The van der Waals surface area contributed by atoms with E-state index in [1.807, 2.05) is 66.2 Å². The van der Waals surface area contributed by atoms with Crippen molar-refractivity contribution in [1.82, 2.24) is 19.8 Å². The van der Waals surface area contributed by atoms with Crippen LogP contribution in [0, 0.1) is 0 Å². The molecule has 2 N–H and O–H groups in total. The number of nitrogens with zero attached hydrogens (tertiary/aromatic N) is 5. The van der Waals surface area contributed by atoms with Crippen molar-refractivity contribution >= 4 is 92.3 Å². The van der Waals surface area contributed by atoms with E-state index in [0.29, 0.717) is 80.6 Å². The number of thiazole rings is 1. The molecule has 25 nitrogen and oxygen atoms in total. The third kappa shape index (κ3) is 18.6. The summed E-state index contributed by atoms with van der Waals surface area (Å²) in [5, 5.41) is 10.3. The van der Waals surface area contributed by atoms with Crippen LogP contribution in [0.4, 0.5) is 9.93 Å². The molecule has 3 aliphatic rings. The third-order valence-electron chi connectivity index (χ3n) is 16.8. The molecule has 0 bridgehead atoms. The maximum Gasteiger partial charge on any atom is 0.413 e. The van der Waals surface area contributed by atoms with Gasteiger partial charge < -0.3 is 66.6 Å². The zero-order valence-corrected chi connectivity index (χ0v) is 61.1. The van der Waals surface area contributed by atoms with Gasteiger partial charge in [-0.15, -0.1) is 23.1 Å². The van der Waals surface area contributed by atoms with E-state index in [1.165, 1.54) is 36.3 Å². The minimum Gasteiger partial charge on any atom is -0.497 e. The molecule has 0 unspecified atom stereocenters. The lowest BCUT2D eigenvalue weighted by Crippen LogP contribution is -2.71. The first-order chi connectivity index (χ1) is 48.8. The molecule has 2 fully saturated rings. The Labute approximate surface area is 603 Å². The van der Waals surface area contributed by atoms with Gasteiger partial charge in [0.15, 0.2) is 27.8 Å². The number of methoxy groups -OCH3 is 4. The summed E-state index contributed by atoms with van der Waals surface area (Å²) in [7, 11) is 6.23. The number of aromatic nitrogens is 2. The highest BCUT2D eigenvalue weighted by Crippen LogP contribution is 2.44. The number of halogens is 1. The maximum atomic E-state index is 15.4. The fourth-order valence-electron chi connectivity index (χ4n) is 11.8. The molecule has 0 saturated carbocycles. The number of oxime groups is 1. The predicted octanol–water partition coefficient (Wildman–Crippen LogP) is 11.4. The smallest absolute Gasteiger partial charge is 0.413 e. The Morgan fingerprint density at radius 1 is 0.716 bits per heavy atom. The summed E-state index contributed by atoms with van der Waals surface area (Å²) < 4.78 is 59.4. The molecule has 3 aliphatic heterocycles. The number of fused-ring (bicyclic) bond motifs is 2. The number of esters is 3. The van der Waals surface area contributed by atoms with E-state index >= 15 is 14.4 Å². The van der Waals surface area contributed by atoms with Crippen LogP contribution in [0.5, 0.6) is 34.5 Å². The molecular weight excluding hydrogens is 1370 g/mol. The summed E-state index contributed by atoms with van der Waals surface area (Å²) in [5.74, 6) is -1.16. The number of benzene rings is 5. The lowest BCUT2D eigenvalue weighted by molar-refractivity contribution is -0.925. The van der Waals surface area contributed by atoms with Gasteiger partial charge in [0, 0.05) is 48.4 Å². The SMILES string of the molecule is CCn1cc(C[N+]2(CC3=C(C(=O)OCc4ccc(OC)cc4)N4C(=O)[C@@H](NC(=O)/C(=N\O[C@@H](CC(=O)OC(C)(C)C)C(=O)OCc5ccc(OC)cc5)c5csc(NC(=O)OC(C)(C)C)n5)[C@H]4SC3)CCCC2)c(=O)c2c(Cl)c(OCc3ccc(OC)cc3)c(OCc3ccc(OC)cc3)cc21. The largest absolute Gasteiger partial charge is 0.497 e. The van der Waals surface area contributed by atoms with Crippen molar-refractivity contribution < 1.29 is 85.5 Å². The number of likely N-dealkylation sites (tertiary alicyclic amines) is 1. The monoisotopic (exact) mass is 1460 g/mol. The number of hydrogen-bond acceptors (Lipinski definition) is 22. The number of rotatable bonds is 29. The number of nitrogens with one attached hydrogen (secondary N) is 2. The topological polar surface area (TPSA) is 278 Å². The normalized spacial score (nSPS) is 16.0. The number of β-lactam (4-membered cyclic amide) rings is 1. The van der Waals surface area contributed by atoms with Crippen molar-refractivity contribution in [3.63, 3.8) is 0 Å². The van der Waals surface area contributed by atoms with Gasteiger partial charge >= 0.3 is 24.0 Å². The summed E-state index contributed by atoms with van der Waals surface area (Å²) in [6.45, 7) is 13.9. The highest BCUT2D eigenvalue weighted by molar-refractivity contribution is 8.00. The molecular formula is C74H83ClN7O18S2+. The van der Waals surface area contributed by atoms with Gasteiger partial charge in [-0.1, -0.05) is 65.3 Å². The number of ether oxygens (including phenoxy) is 10. The lowest BCUT2D eigenvalue weighted by Gasteiger charge is -2.50.